The van der Waals surface area contributed by atoms with Crippen LogP contribution in [0.25, 0.3) is 10.8 Å². The van der Waals surface area contributed by atoms with Crippen LogP contribution in [0, 0.1) is 0 Å². The molecule has 0 saturated carbocycles. The number of hydrogen-bond acceptors (Lipinski definition) is 4. The second-order valence-corrected chi connectivity index (χ2v) is 7.35. The first kappa shape index (κ1) is 16.9. The van der Waals surface area contributed by atoms with E-state index < -0.39 is 11.7 Å². The van der Waals surface area contributed by atoms with E-state index >= 15 is 0 Å². The molecule has 0 aliphatic carbocycles. The van der Waals surface area contributed by atoms with E-state index in [1.54, 1.807) is 24.2 Å². The zero-order valence-electron chi connectivity index (χ0n) is 12.9. The third kappa shape index (κ3) is 5.07. The van der Waals surface area contributed by atoms with Crippen LogP contribution in [0.1, 0.15) is 20.8 Å². The van der Waals surface area contributed by atoms with Crippen molar-refractivity contribution in [3.05, 3.63) is 35.6 Å². The molecule has 2 rings (SSSR count). The van der Waals surface area contributed by atoms with Crippen LogP contribution in [-0.4, -0.2) is 29.0 Å². The molecular formula is C16H19ClN2O2S. The van der Waals surface area contributed by atoms with Crippen molar-refractivity contribution in [1.29, 1.82) is 0 Å². The van der Waals surface area contributed by atoms with Crippen molar-refractivity contribution in [1.82, 2.24) is 10.3 Å². The molecule has 0 unspecified atom stereocenters. The van der Waals surface area contributed by atoms with Crippen molar-refractivity contribution < 1.29 is 9.53 Å². The molecule has 0 aliphatic rings. The van der Waals surface area contributed by atoms with Crippen molar-refractivity contribution in [3.8, 4) is 0 Å². The molecular weight excluding hydrogens is 320 g/mol. The van der Waals surface area contributed by atoms with Crippen LogP contribution < -0.4 is 5.32 Å². The Morgan fingerprint density at radius 1 is 1.41 bits per heavy atom. The number of nitrogens with one attached hydrogen (secondary N) is 1. The summed E-state index contributed by atoms with van der Waals surface area (Å²) in [5, 5.41) is 5.55. The van der Waals surface area contributed by atoms with Gasteiger partial charge in [-0.25, -0.2) is 4.79 Å². The van der Waals surface area contributed by atoms with Gasteiger partial charge >= 0.3 is 6.09 Å². The number of fused-ring (bicyclic) bond motifs is 1. The van der Waals surface area contributed by atoms with Gasteiger partial charge in [-0.1, -0.05) is 11.6 Å². The number of nitrogens with zero attached hydrogens (tertiary/aromatic N) is 1. The molecule has 0 bridgehead atoms. The minimum Gasteiger partial charge on any atom is -0.444 e. The van der Waals surface area contributed by atoms with Gasteiger partial charge in [0.15, 0.2) is 0 Å². The highest BCUT2D eigenvalue weighted by molar-refractivity contribution is 7.99. The van der Waals surface area contributed by atoms with Gasteiger partial charge < -0.3 is 10.1 Å². The third-order valence-electron chi connectivity index (χ3n) is 2.71. The maximum absolute atomic E-state index is 11.6. The lowest BCUT2D eigenvalue weighted by Gasteiger charge is -2.19. The average molecular weight is 339 g/mol. The maximum Gasteiger partial charge on any atom is 0.407 e. The van der Waals surface area contributed by atoms with Gasteiger partial charge in [0.1, 0.15) is 5.60 Å². The molecule has 4 nitrogen and oxygen atoms in total. The second kappa shape index (κ2) is 7.20. The van der Waals surface area contributed by atoms with Gasteiger partial charge in [0, 0.05) is 40.0 Å². The SMILES string of the molecule is CC(C)(C)OC(=O)NCCSc1cc(Cl)cc2cnccc12. The predicted molar refractivity (Wildman–Crippen MR) is 91.7 cm³/mol. The summed E-state index contributed by atoms with van der Waals surface area (Å²) in [5.41, 5.74) is -0.479. The fourth-order valence-electron chi connectivity index (χ4n) is 1.89. The first-order chi connectivity index (χ1) is 10.3. The number of hydrogen-bond donors (Lipinski definition) is 1. The minimum absolute atomic E-state index is 0.395. The Bertz CT molecular complexity index is 671. The Morgan fingerprint density at radius 2 is 2.18 bits per heavy atom. The van der Waals surface area contributed by atoms with Crippen molar-refractivity contribution >= 4 is 40.2 Å². The summed E-state index contributed by atoms with van der Waals surface area (Å²) in [7, 11) is 0. The Kier molecular flexibility index (Phi) is 5.53. The van der Waals surface area contributed by atoms with E-state index in [0.717, 1.165) is 21.4 Å². The lowest BCUT2D eigenvalue weighted by Crippen LogP contribution is -2.33. The number of benzene rings is 1. The van der Waals surface area contributed by atoms with E-state index in [1.807, 2.05) is 39.0 Å². The monoisotopic (exact) mass is 338 g/mol. The number of pyridine rings is 1. The predicted octanol–water partition coefficient (Wildman–Crippen LogP) is 4.51. The Balaban J connectivity index is 1.91. The van der Waals surface area contributed by atoms with E-state index in [9.17, 15) is 4.79 Å². The summed E-state index contributed by atoms with van der Waals surface area (Å²) in [6, 6.07) is 5.80. The van der Waals surface area contributed by atoms with Crippen LogP contribution >= 0.6 is 23.4 Å². The van der Waals surface area contributed by atoms with E-state index in [1.165, 1.54) is 0 Å². The van der Waals surface area contributed by atoms with E-state index in [2.05, 4.69) is 10.3 Å². The average Bonchev–Trinajstić information content (AvgIpc) is 2.41. The molecule has 0 spiro atoms. The van der Waals surface area contributed by atoms with Gasteiger partial charge in [-0.15, -0.1) is 11.8 Å². The number of aromatic nitrogens is 1. The molecule has 0 radical (unpaired) electrons. The summed E-state index contributed by atoms with van der Waals surface area (Å²) in [4.78, 5) is 16.8. The van der Waals surface area contributed by atoms with Crippen LogP contribution in [0.15, 0.2) is 35.5 Å². The van der Waals surface area contributed by atoms with Crippen LogP contribution in [-0.2, 0) is 4.74 Å². The molecule has 2 aromatic rings. The molecule has 0 saturated heterocycles. The molecule has 6 heteroatoms. The van der Waals surface area contributed by atoms with E-state index in [-0.39, 0.29) is 0 Å². The quantitative estimate of drug-likeness (QED) is 0.658. The zero-order valence-corrected chi connectivity index (χ0v) is 14.4. The van der Waals surface area contributed by atoms with Gasteiger partial charge in [-0.2, -0.15) is 0 Å². The number of amides is 1. The van der Waals surface area contributed by atoms with Crippen LogP contribution in [0.5, 0.6) is 0 Å². The lowest BCUT2D eigenvalue weighted by atomic mass is 10.2. The summed E-state index contributed by atoms with van der Waals surface area (Å²) >= 11 is 7.77. The highest BCUT2D eigenvalue weighted by atomic mass is 35.5. The topological polar surface area (TPSA) is 51.2 Å². The first-order valence-corrected chi connectivity index (χ1v) is 8.34. The molecule has 1 amide bonds. The highest BCUT2D eigenvalue weighted by Gasteiger charge is 2.15. The number of ether oxygens (including phenoxy) is 1. The van der Waals surface area contributed by atoms with Gasteiger partial charge in [-0.05, 0) is 44.4 Å². The normalized spacial score (nSPS) is 11.5. The van der Waals surface area contributed by atoms with Crippen molar-refractivity contribution in [2.75, 3.05) is 12.3 Å². The minimum atomic E-state index is -0.479. The molecule has 0 aliphatic heterocycles. The molecule has 1 N–H and O–H groups in total. The fraction of sp³-hybridized carbons (Fsp3) is 0.375. The highest BCUT2D eigenvalue weighted by Crippen LogP contribution is 2.30. The largest absolute Gasteiger partial charge is 0.444 e. The summed E-state index contributed by atoms with van der Waals surface area (Å²) in [5.74, 6) is 0.733. The number of carbonyl (C=O) groups is 1. The van der Waals surface area contributed by atoms with Crippen molar-refractivity contribution in [2.45, 2.75) is 31.3 Å². The maximum atomic E-state index is 11.6. The number of halogens is 1. The standard InChI is InChI=1S/C16H19ClN2O2S/c1-16(2,3)21-15(20)19-6-7-22-14-9-12(17)8-11-10-18-5-4-13(11)14/h4-5,8-10H,6-7H2,1-3H3,(H,19,20). The smallest absolute Gasteiger partial charge is 0.407 e. The fourth-order valence-corrected chi connectivity index (χ4v) is 3.15. The number of rotatable bonds is 4. The molecule has 118 valence electrons. The van der Waals surface area contributed by atoms with E-state index in [4.69, 9.17) is 16.3 Å². The lowest BCUT2D eigenvalue weighted by molar-refractivity contribution is 0.0531. The zero-order chi connectivity index (χ0) is 16.2. The molecule has 22 heavy (non-hydrogen) atoms. The van der Waals surface area contributed by atoms with E-state index in [0.29, 0.717) is 11.6 Å². The molecule has 1 heterocycles. The number of thioether (sulfide) groups is 1. The second-order valence-electron chi connectivity index (χ2n) is 5.78. The Hall–Kier alpha value is -1.46. The number of carbonyl (C=O) groups excluding carboxylic acids is 1. The summed E-state index contributed by atoms with van der Waals surface area (Å²) in [6.07, 6.45) is 3.16. The van der Waals surface area contributed by atoms with Crippen LogP contribution in [0.3, 0.4) is 0 Å². The third-order valence-corrected chi connectivity index (χ3v) is 3.98. The van der Waals surface area contributed by atoms with Crippen LogP contribution in [0.2, 0.25) is 5.02 Å². The Morgan fingerprint density at radius 3 is 2.91 bits per heavy atom. The van der Waals surface area contributed by atoms with Crippen LogP contribution in [0.4, 0.5) is 4.79 Å². The summed E-state index contributed by atoms with van der Waals surface area (Å²) < 4.78 is 5.19. The molecule has 0 fully saturated rings. The van der Waals surface area contributed by atoms with Crippen molar-refractivity contribution in [3.63, 3.8) is 0 Å². The Labute approximate surface area is 139 Å². The van der Waals surface area contributed by atoms with Gasteiger partial charge in [0.05, 0.1) is 0 Å². The number of alkyl carbamates (subject to hydrolysis) is 1. The molecule has 0 atom stereocenters. The molecule has 1 aromatic carbocycles. The molecule has 1 aromatic heterocycles. The summed E-state index contributed by atoms with van der Waals surface area (Å²) in [6.45, 7) is 6.05. The van der Waals surface area contributed by atoms with Crippen molar-refractivity contribution in [2.24, 2.45) is 0 Å². The first-order valence-electron chi connectivity index (χ1n) is 6.98. The van der Waals surface area contributed by atoms with Gasteiger partial charge in [0.25, 0.3) is 0 Å². The van der Waals surface area contributed by atoms with Gasteiger partial charge in [-0.3, -0.25) is 4.98 Å². The van der Waals surface area contributed by atoms with Gasteiger partial charge in [0.2, 0.25) is 0 Å².